The topological polar surface area (TPSA) is 49.9 Å². The largest absolute Gasteiger partial charge is 0.310 e. The molecule has 0 bridgehead atoms. The zero-order chi connectivity index (χ0) is 14.0. The maximum absolute atomic E-state index is 12.0. The average Bonchev–Trinajstić information content (AvgIpc) is 2.79. The Bertz CT molecular complexity index is 506. The molecule has 19 heavy (non-hydrogen) atoms. The Labute approximate surface area is 120 Å². The van der Waals surface area contributed by atoms with Crippen LogP contribution in [0.5, 0.6) is 0 Å². The number of hydrogen-bond acceptors (Lipinski definition) is 3. The number of hydrogen-bond donors (Lipinski definition) is 0. The van der Waals surface area contributed by atoms with Crippen LogP contribution in [-0.4, -0.2) is 37.6 Å². The molecule has 1 aromatic carbocycles. The summed E-state index contributed by atoms with van der Waals surface area (Å²) >= 11 is 3.42. The lowest BCUT2D eigenvalue weighted by Gasteiger charge is -2.20. The lowest BCUT2D eigenvalue weighted by atomic mass is 10.1. The molecular formula is C13H15BrN2O3. The Morgan fingerprint density at radius 2 is 2.16 bits per heavy atom. The van der Waals surface area contributed by atoms with Crippen LogP contribution < -0.4 is 4.90 Å². The van der Waals surface area contributed by atoms with Crippen molar-refractivity contribution in [1.82, 2.24) is 5.06 Å². The van der Waals surface area contributed by atoms with Gasteiger partial charge in [0.2, 0.25) is 5.91 Å². The summed E-state index contributed by atoms with van der Waals surface area (Å²) < 4.78 is 0.844. The van der Waals surface area contributed by atoms with Gasteiger partial charge in [-0.15, -0.1) is 0 Å². The van der Waals surface area contributed by atoms with Crippen molar-refractivity contribution in [1.29, 1.82) is 0 Å². The maximum atomic E-state index is 12.0. The van der Waals surface area contributed by atoms with Crippen molar-refractivity contribution in [2.24, 2.45) is 5.92 Å². The van der Waals surface area contributed by atoms with Crippen LogP contribution in [0, 0.1) is 5.92 Å². The molecule has 102 valence electrons. The smallest absolute Gasteiger partial charge is 0.251 e. The van der Waals surface area contributed by atoms with E-state index < -0.39 is 0 Å². The third kappa shape index (κ3) is 2.79. The lowest BCUT2D eigenvalue weighted by molar-refractivity contribution is -0.172. The normalized spacial score (nSPS) is 18.8. The van der Waals surface area contributed by atoms with Crippen LogP contribution >= 0.6 is 15.9 Å². The second-order valence-electron chi connectivity index (χ2n) is 4.38. The highest BCUT2D eigenvalue weighted by molar-refractivity contribution is 9.10. The Morgan fingerprint density at radius 3 is 2.79 bits per heavy atom. The van der Waals surface area contributed by atoms with Crippen LogP contribution in [0.25, 0.3) is 0 Å². The molecule has 0 N–H and O–H groups in total. The molecule has 6 heteroatoms. The fraction of sp³-hybridized carbons (Fsp3) is 0.385. The van der Waals surface area contributed by atoms with E-state index in [0.29, 0.717) is 6.54 Å². The van der Waals surface area contributed by atoms with Gasteiger partial charge in [-0.25, -0.2) is 5.06 Å². The van der Waals surface area contributed by atoms with Crippen LogP contribution in [0.2, 0.25) is 0 Å². The van der Waals surface area contributed by atoms with Gasteiger partial charge in [-0.3, -0.25) is 14.4 Å². The number of halogens is 1. The van der Waals surface area contributed by atoms with Gasteiger partial charge in [0, 0.05) is 24.5 Å². The number of carbonyl (C=O) groups excluding carboxylic acids is 2. The van der Waals surface area contributed by atoms with Crippen molar-refractivity contribution in [3.8, 4) is 0 Å². The summed E-state index contributed by atoms with van der Waals surface area (Å²) in [5.74, 6) is -0.579. The van der Waals surface area contributed by atoms with Gasteiger partial charge in [0.1, 0.15) is 0 Å². The maximum Gasteiger partial charge on any atom is 0.251 e. The molecule has 0 spiro atoms. The zero-order valence-electron chi connectivity index (χ0n) is 10.8. The summed E-state index contributed by atoms with van der Waals surface area (Å²) in [6.07, 6.45) is 0.216. The standard InChI is InChI=1S/C13H15BrN2O3/c1-15(19-2)13(18)9-7-12(17)16(8-9)11-6-4-3-5-10(11)14/h3-6,9H,7-8H2,1-2H3. The highest BCUT2D eigenvalue weighted by atomic mass is 79.9. The van der Waals surface area contributed by atoms with Gasteiger partial charge in [-0.2, -0.15) is 0 Å². The Hall–Kier alpha value is -1.40. The number of nitrogens with zero attached hydrogens (tertiary/aromatic N) is 2. The van der Waals surface area contributed by atoms with E-state index in [0.717, 1.165) is 10.2 Å². The number of anilines is 1. The van der Waals surface area contributed by atoms with E-state index in [2.05, 4.69) is 15.9 Å². The molecular weight excluding hydrogens is 312 g/mol. The Morgan fingerprint density at radius 1 is 1.47 bits per heavy atom. The number of benzene rings is 1. The first kappa shape index (κ1) is 14.0. The molecule has 1 aliphatic rings. The minimum atomic E-state index is -0.357. The molecule has 1 atom stereocenters. The third-order valence-corrected chi connectivity index (χ3v) is 3.87. The van der Waals surface area contributed by atoms with Gasteiger partial charge < -0.3 is 4.90 Å². The molecule has 2 amide bonds. The summed E-state index contributed by atoms with van der Waals surface area (Å²) in [6.45, 7) is 0.383. The van der Waals surface area contributed by atoms with Crippen molar-refractivity contribution in [3.05, 3.63) is 28.7 Å². The quantitative estimate of drug-likeness (QED) is 0.796. The molecule has 0 aromatic heterocycles. The first-order chi connectivity index (χ1) is 9.04. The molecule has 0 aliphatic carbocycles. The first-order valence-electron chi connectivity index (χ1n) is 5.91. The monoisotopic (exact) mass is 326 g/mol. The molecule has 1 saturated heterocycles. The van der Waals surface area contributed by atoms with Gasteiger partial charge in [0.05, 0.1) is 18.7 Å². The van der Waals surface area contributed by atoms with E-state index in [4.69, 9.17) is 4.84 Å². The van der Waals surface area contributed by atoms with Crippen molar-refractivity contribution < 1.29 is 14.4 Å². The summed E-state index contributed by atoms with van der Waals surface area (Å²) in [7, 11) is 2.98. The van der Waals surface area contributed by atoms with Crippen molar-refractivity contribution >= 4 is 33.4 Å². The molecule has 1 aliphatic heterocycles. The van der Waals surface area contributed by atoms with Crippen LogP contribution in [0.4, 0.5) is 5.69 Å². The fourth-order valence-corrected chi connectivity index (χ4v) is 2.62. The van der Waals surface area contributed by atoms with E-state index in [1.807, 2.05) is 24.3 Å². The van der Waals surface area contributed by atoms with Gasteiger partial charge in [-0.1, -0.05) is 12.1 Å². The predicted octanol–water partition coefficient (Wildman–Crippen LogP) is 1.82. The summed E-state index contributed by atoms with van der Waals surface area (Å²) in [5, 5.41) is 1.17. The second-order valence-corrected chi connectivity index (χ2v) is 5.23. The van der Waals surface area contributed by atoms with Crippen molar-refractivity contribution in [3.63, 3.8) is 0 Å². The molecule has 5 nitrogen and oxygen atoms in total. The molecule has 2 rings (SSSR count). The third-order valence-electron chi connectivity index (χ3n) is 3.20. The predicted molar refractivity (Wildman–Crippen MR) is 74.4 cm³/mol. The number of amides is 2. The second kappa shape index (κ2) is 5.71. The Kier molecular flexibility index (Phi) is 4.21. The van der Waals surface area contributed by atoms with Crippen LogP contribution in [0.1, 0.15) is 6.42 Å². The van der Waals surface area contributed by atoms with Crippen LogP contribution in [0.15, 0.2) is 28.7 Å². The first-order valence-corrected chi connectivity index (χ1v) is 6.70. The number of carbonyl (C=O) groups is 2. The van der Waals surface area contributed by atoms with E-state index in [1.165, 1.54) is 12.2 Å². The minimum Gasteiger partial charge on any atom is -0.310 e. The van der Waals surface area contributed by atoms with E-state index in [-0.39, 0.29) is 24.2 Å². The lowest BCUT2D eigenvalue weighted by Crippen LogP contribution is -2.34. The molecule has 1 unspecified atom stereocenters. The zero-order valence-corrected chi connectivity index (χ0v) is 12.4. The summed E-state index contributed by atoms with van der Waals surface area (Å²) in [6, 6.07) is 7.48. The molecule has 0 saturated carbocycles. The van der Waals surface area contributed by atoms with Crippen LogP contribution in [0.3, 0.4) is 0 Å². The van der Waals surface area contributed by atoms with Gasteiger partial charge in [0.25, 0.3) is 5.91 Å². The van der Waals surface area contributed by atoms with E-state index in [9.17, 15) is 9.59 Å². The average molecular weight is 327 g/mol. The SMILES string of the molecule is CON(C)C(=O)C1CC(=O)N(c2ccccc2Br)C1. The molecule has 1 heterocycles. The summed E-state index contributed by atoms with van der Waals surface area (Å²) in [4.78, 5) is 30.5. The minimum absolute atomic E-state index is 0.0465. The Balaban J connectivity index is 2.17. The highest BCUT2D eigenvalue weighted by Crippen LogP contribution is 2.31. The fourth-order valence-electron chi connectivity index (χ4n) is 2.12. The van der Waals surface area contributed by atoms with Crippen molar-refractivity contribution in [2.75, 3.05) is 25.6 Å². The van der Waals surface area contributed by atoms with Gasteiger partial charge in [0.15, 0.2) is 0 Å². The summed E-state index contributed by atoms with van der Waals surface area (Å²) in [5.41, 5.74) is 0.794. The number of para-hydroxylation sites is 1. The number of hydroxylamine groups is 2. The highest BCUT2D eigenvalue weighted by Gasteiger charge is 2.37. The van der Waals surface area contributed by atoms with Gasteiger partial charge in [-0.05, 0) is 28.1 Å². The molecule has 1 fully saturated rings. The van der Waals surface area contributed by atoms with Crippen molar-refractivity contribution in [2.45, 2.75) is 6.42 Å². The molecule has 0 radical (unpaired) electrons. The number of rotatable bonds is 3. The van der Waals surface area contributed by atoms with E-state index in [1.54, 1.807) is 11.9 Å². The molecule has 1 aromatic rings. The van der Waals surface area contributed by atoms with E-state index >= 15 is 0 Å². The van der Waals surface area contributed by atoms with Crippen LogP contribution in [-0.2, 0) is 14.4 Å². The van der Waals surface area contributed by atoms with Gasteiger partial charge >= 0.3 is 0 Å².